The van der Waals surface area contributed by atoms with Gasteiger partial charge in [-0.2, -0.15) is 13.2 Å². The summed E-state index contributed by atoms with van der Waals surface area (Å²) in [5, 5.41) is 2.20. The predicted octanol–water partition coefficient (Wildman–Crippen LogP) is 3.76. The molecule has 23 heavy (non-hydrogen) atoms. The number of nitrogens with zero attached hydrogens (tertiary/aromatic N) is 1. The van der Waals surface area contributed by atoms with Gasteiger partial charge in [0.15, 0.2) is 0 Å². The van der Waals surface area contributed by atoms with Crippen LogP contribution in [0.2, 0.25) is 0 Å². The summed E-state index contributed by atoms with van der Waals surface area (Å²) in [4.78, 5) is 23.8. The Morgan fingerprint density at radius 1 is 1.26 bits per heavy atom. The summed E-state index contributed by atoms with van der Waals surface area (Å²) in [6, 6.07) is 4.41. The summed E-state index contributed by atoms with van der Waals surface area (Å²) in [7, 11) is 0. The van der Waals surface area contributed by atoms with E-state index in [0.717, 1.165) is 23.5 Å². The maximum absolute atomic E-state index is 12.7. The molecule has 0 aliphatic rings. The number of hydrogen-bond donors (Lipinski definition) is 2. The van der Waals surface area contributed by atoms with Gasteiger partial charge in [-0.1, -0.05) is 6.07 Å². The number of alkyl halides is 3. The monoisotopic (exact) mass is 407 g/mol. The Labute approximate surface area is 141 Å². The SMILES string of the molecule is NC(=O)N(NC(=O)c1sccc1Br)c1cccc(C(F)(F)F)c1. The van der Waals surface area contributed by atoms with Gasteiger partial charge in [0.2, 0.25) is 0 Å². The summed E-state index contributed by atoms with van der Waals surface area (Å²) >= 11 is 4.25. The van der Waals surface area contributed by atoms with Crippen LogP contribution in [0.25, 0.3) is 0 Å². The summed E-state index contributed by atoms with van der Waals surface area (Å²) in [6.07, 6.45) is -4.58. The molecule has 0 spiro atoms. The molecule has 0 aliphatic carbocycles. The lowest BCUT2D eigenvalue weighted by Gasteiger charge is -2.21. The van der Waals surface area contributed by atoms with Crippen LogP contribution < -0.4 is 16.2 Å². The first-order valence-electron chi connectivity index (χ1n) is 6.01. The number of rotatable bonds is 2. The molecule has 0 atom stereocenters. The van der Waals surface area contributed by atoms with Crippen molar-refractivity contribution in [2.45, 2.75) is 6.18 Å². The molecule has 122 valence electrons. The Morgan fingerprint density at radius 3 is 2.48 bits per heavy atom. The van der Waals surface area contributed by atoms with Gasteiger partial charge in [-0.05, 0) is 45.6 Å². The van der Waals surface area contributed by atoms with Crippen LogP contribution in [0.5, 0.6) is 0 Å². The summed E-state index contributed by atoms with van der Waals surface area (Å²) in [6.45, 7) is 0. The largest absolute Gasteiger partial charge is 0.416 e. The van der Waals surface area contributed by atoms with Crippen molar-refractivity contribution in [2.75, 3.05) is 5.01 Å². The molecule has 0 saturated carbocycles. The van der Waals surface area contributed by atoms with Crippen LogP contribution in [0.3, 0.4) is 0 Å². The Kier molecular flexibility index (Phi) is 4.95. The second kappa shape index (κ2) is 6.59. The summed E-state index contributed by atoms with van der Waals surface area (Å²) in [5.74, 6) is -0.678. The van der Waals surface area contributed by atoms with Gasteiger partial charge in [-0.3, -0.25) is 10.2 Å². The number of carbonyl (C=O) groups excluding carboxylic acids is 2. The number of urea groups is 1. The van der Waals surface area contributed by atoms with Gasteiger partial charge in [0.05, 0.1) is 11.3 Å². The Morgan fingerprint density at radius 2 is 1.96 bits per heavy atom. The minimum Gasteiger partial charge on any atom is -0.350 e. The Hall–Kier alpha value is -2.07. The van der Waals surface area contributed by atoms with Gasteiger partial charge in [0.1, 0.15) is 4.88 Å². The molecule has 0 bridgehead atoms. The normalized spacial score (nSPS) is 11.1. The molecule has 3 amide bonds. The molecule has 2 aromatic rings. The topological polar surface area (TPSA) is 75.4 Å². The molecule has 1 heterocycles. The van der Waals surface area contributed by atoms with Crippen LogP contribution in [0.4, 0.5) is 23.7 Å². The second-order valence-corrected chi connectivity index (χ2v) is 6.03. The fraction of sp³-hybridized carbons (Fsp3) is 0.0769. The average molecular weight is 408 g/mol. The van der Waals surface area contributed by atoms with Gasteiger partial charge in [-0.15, -0.1) is 11.3 Å². The smallest absolute Gasteiger partial charge is 0.350 e. The van der Waals surface area contributed by atoms with E-state index in [1.807, 2.05) is 0 Å². The standard InChI is InChI=1S/C13H9BrF3N3O2S/c14-9-4-5-23-10(9)11(21)19-20(12(18)22)8-3-1-2-7(6-8)13(15,16)17/h1-6H,(H2,18,22)(H,19,21). The molecule has 2 rings (SSSR count). The van der Waals surface area contributed by atoms with E-state index in [1.54, 1.807) is 11.4 Å². The first-order chi connectivity index (χ1) is 10.7. The Balaban J connectivity index is 2.31. The minimum atomic E-state index is -4.58. The van der Waals surface area contributed by atoms with Gasteiger partial charge in [0.25, 0.3) is 5.91 Å². The fourth-order valence-electron chi connectivity index (χ4n) is 1.68. The van der Waals surface area contributed by atoms with E-state index in [2.05, 4.69) is 21.4 Å². The lowest BCUT2D eigenvalue weighted by atomic mass is 10.2. The number of nitrogens with one attached hydrogen (secondary N) is 1. The number of hydrazine groups is 1. The Bertz CT molecular complexity index is 748. The van der Waals surface area contributed by atoms with Crippen LogP contribution in [-0.2, 0) is 6.18 Å². The van der Waals surface area contributed by atoms with Crippen molar-refractivity contribution in [3.63, 3.8) is 0 Å². The molecular formula is C13H9BrF3N3O2S. The number of thiophene rings is 1. The molecular weight excluding hydrogens is 399 g/mol. The third kappa shape index (κ3) is 4.02. The predicted molar refractivity (Wildman–Crippen MR) is 83.0 cm³/mol. The lowest BCUT2D eigenvalue weighted by Crippen LogP contribution is -2.49. The molecule has 1 aromatic heterocycles. The second-order valence-electron chi connectivity index (χ2n) is 4.26. The van der Waals surface area contributed by atoms with Gasteiger partial charge >= 0.3 is 12.2 Å². The van der Waals surface area contributed by atoms with Crippen LogP contribution in [-0.4, -0.2) is 11.9 Å². The van der Waals surface area contributed by atoms with Crippen LogP contribution in [0.15, 0.2) is 40.2 Å². The molecule has 5 nitrogen and oxygen atoms in total. The van der Waals surface area contributed by atoms with Crippen molar-refractivity contribution >= 4 is 44.9 Å². The van der Waals surface area contributed by atoms with Crippen molar-refractivity contribution < 1.29 is 22.8 Å². The van der Waals surface area contributed by atoms with Crippen LogP contribution in [0.1, 0.15) is 15.2 Å². The van der Waals surface area contributed by atoms with Crippen molar-refractivity contribution in [1.82, 2.24) is 5.43 Å². The van der Waals surface area contributed by atoms with Crippen molar-refractivity contribution in [2.24, 2.45) is 5.73 Å². The number of halogens is 4. The molecule has 0 aliphatic heterocycles. The first-order valence-corrected chi connectivity index (χ1v) is 7.68. The van der Waals surface area contributed by atoms with Gasteiger partial charge < -0.3 is 5.73 Å². The highest BCUT2D eigenvalue weighted by molar-refractivity contribution is 9.10. The van der Waals surface area contributed by atoms with E-state index in [1.165, 1.54) is 6.07 Å². The average Bonchev–Trinajstić information content (AvgIpc) is 2.89. The highest BCUT2D eigenvalue weighted by Gasteiger charge is 2.31. The summed E-state index contributed by atoms with van der Waals surface area (Å²) < 4.78 is 38.7. The van der Waals surface area contributed by atoms with Gasteiger partial charge in [0, 0.05) is 4.47 Å². The molecule has 1 aromatic carbocycles. The van der Waals surface area contributed by atoms with E-state index in [4.69, 9.17) is 5.73 Å². The third-order valence-corrected chi connectivity index (χ3v) is 4.53. The highest BCUT2D eigenvalue weighted by atomic mass is 79.9. The maximum atomic E-state index is 12.7. The zero-order chi connectivity index (χ0) is 17.2. The molecule has 0 saturated heterocycles. The highest BCUT2D eigenvalue weighted by Crippen LogP contribution is 2.31. The van der Waals surface area contributed by atoms with E-state index < -0.39 is 23.7 Å². The van der Waals surface area contributed by atoms with Crippen LogP contribution in [0, 0.1) is 0 Å². The number of amides is 3. The lowest BCUT2D eigenvalue weighted by molar-refractivity contribution is -0.137. The molecule has 0 fully saturated rings. The molecule has 10 heteroatoms. The minimum absolute atomic E-state index is 0.201. The van der Waals surface area contributed by atoms with Crippen molar-refractivity contribution in [3.8, 4) is 0 Å². The number of hydrogen-bond acceptors (Lipinski definition) is 3. The zero-order valence-corrected chi connectivity index (χ0v) is 13.6. The molecule has 0 unspecified atom stereocenters. The fourth-order valence-corrected chi connectivity index (χ4v) is 3.12. The molecule has 3 N–H and O–H groups in total. The van der Waals surface area contributed by atoms with E-state index >= 15 is 0 Å². The van der Waals surface area contributed by atoms with E-state index in [0.29, 0.717) is 15.5 Å². The van der Waals surface area contributed by atoms with Crippen LogP contribution >= 0.6 is 27.3 Å². The first kappa shape index (κ1) is 17.3. The summed E-state index contributed by atoms with van der Waals surface area (Å²) in [5.41, 5.74) is 6.17. The van der Waals surface area contributed by atoms with Gasteiger partial charge in [-0.25, -0.2) is 9.80 Å². The third-order valence-electron chi connectivity index (χ3n) is 2.69. The van der Waals surface area contributed by atoms with E-state index in [9.17, 15) is 22.8 Å². The number of anilines is 1. The van der Waals surface area contributed by atoms with Crippen molar-refractivity contribution in [1.29, 1.82) is 0 Å². The number of benzene rings is 1. The van der Waals surface area contributed by atoms with Crippen molar-refractivity contribution in [3.05, 3.63) is 50.6 Å². The number of primary amides is 1. The zero-order valence-electron chi connectivity index (χ0n) is 11.2. The van der Waals surface area contributed by atoms with E-state index in [-0.39, 0.29) is 10.6 Å². The number of nitrogens with two attached hydrogens (primary N) is 1. The molecule has 0 radical (unpaired) electrons. The maximum Gasteiger partial charge on any atom is 0.416 e. The number of carbonyl (C=O) groups is 2. The quantitative estimate of drug-likeness (QED) is 0.743.